The molecule has 1 aromatic heterocycles. The van der Waals surface area contributed by atoms with Crippen LogP contribution in [0.15, 0.2) is 78.9 Å². The quantitative estimate of drug-likeness (QED) is 0.292. The van der Waals surface area contributed by atoms with Crippen molar-refractivity contribution in [1.29, 1.82) is 0 Å². The number of anilines is 1. The molecule has 1 fully saturated rings. The van der Waals surface area contributed by atoms with Crippen LogP contribution >= 0.6 is 0 Å². The third-order valence-corrected chi connectivity index (χ3v) is 7.17. The molecule has 190 valence electrons. The fourth-order valence-electron chi connectivity index (χ4n) is 4.84. The summed E-state index contributed by atoms with van der Waals surface area (Å²) >= 11 is 0. The molecular weight excluding hydrogens is 458 g/mol. The highest BCUT2D eigenvalue weighted by atomic mass is 16.5. The molecule has 5 nitrogen and oxygen atoms in total. The van der Waals surface area contributed by atoms with Crippen LogP contribution in [0, 0.1) is 19.8 Å². The van der Waals surface area contributed by atoms with Gasteiger partial charge in [-0.25, -0.2) is 0 Å². The molecule has 1 aliphatic carbocycles. The van der Waals surface area contributed by atoms with E-state index in [1.807, 2.05) is 67.1 Å². The number of aryl methyl sites for hydroxylation is 1. The molecule has 4 aromatic rings. The van der Waals surface area contributed by atoms with E-state index in [-0.39, 0.29) is 23.2 Å². The summed E-state index contributed by atoms with van der Waals surface area (Å²) in [7, 11) is 0. The first-order valence-corrected chi connectivity index (χ1v) is 13.0. The van der Waals surface area contributed by atoms with Crippen molar-refractivity contribution in [1.82, 2.24) is 9.78 Å². The minimum Gasteiger partial charge on any atom is -0.457 e. The third-order valence-electron chi connectivity index (χ3n) is 7.17. The number of aromatic nitrogens is 2. The summed E-state index contributed by atoms with van der Waals surface area (Å²) < 4.78 is 7.93. The summed E-state index contributed by atoms with van der Waals surface area (Å²) in [6.45, 7) is 11.2. The van der Waals surface area contributed by atoms with Crippen molar-refractivity contribution in [2.24, 2.45) is 5.92 Å². The molecule has 0 spiro atoms. The highest BCUT2D eigenvalue weighted by Crippen LogP contribution is 2.48. The maximum atomic E-state index is 13.1. The average molecular weight is 494 g/mol. The molecule has 0 unspecified atom stereocenters. The molecule has 1 amide bonds. The minimum atomic E-state index is 0.00875. The number of rotatable bonds is 7. The summed E-state index contributed by atoms with van der Waals surface area (Å²) in [5, 5.41) is 7.90. The normalized spacial score (nSPS) is 16.9. The number of amides is 1. The Morgan fingerprint density at radius 1 is 0.973 bits per heavy atom. The van der Waals surface area contributed by atoms with Crippen molar-refractivity contribution in [3.8, 4) is 11.5 Å². The van der Waals surface area contributed by atoms with Gasteiger partial charge >= 0.3 is 0 Å². The Balaban J connectivity index is 1.24. The van der Waals surface area contributed by atoms with Crippen molar-refractivity contribution in [2.45, 2.75) is 58.9 Å². The predicted octanol–water partition coefficient (Wildman–Crippen LogP) is 7.38. The van der Waals surface area contributed by atoms with E-state index in [4.69, 9.17) is 9.84 Å². The molecule has 1 heterocycles. The number of ether oxygens (including phenoxy) is 1. The van der Waals surface area contributed by atoms with Crippen LogP contribution in [0.4, 0.5) is 5.69 Å². The molecule has 1 N–H and O–H groups in total. The van der Waals surface area contributed by atoms with E-state index in [2.05, 4.69) is 56.4 Å². The van der Waals surface area contributed by atoms with E-state index in [0.717, 1.165) is 40.6 Å². The second-order valence-electron chi connectivity index (χ2n) is 11.1. The van der Waals surface area contributed by atoms with E-state index in [0.29, 0.717) is 6.54 Å². The highest BCUT2D eigenvalue weighted by molar-refractivity contribution is 5.96. The number of hydrogen-bond donors (Lipinski definition) is 1. The molecule has 1 aliphatic rings. The van der Waals surface area contributed by atoms with Gasteiger partial charge in [0.1, 0.15) is 11.5 Å². The van der Waals surface area contributed by atoms with Crippen LogP contribution in [0.5, 0.6) is 11.5 Å². The van der Waals surface area contributed by atoms with Gasteiger partial charge in [0.2, 0.25) is 5.91 Å². The Kier molecular flexibility index (Phi) is 6.63. The number of nitrogens with one attached hydrogen (secondary N) is 1. The Labute approximate surface area is 219 Å². The fraction of sp³-hybridized carbons (Fsp3) is 0.312. The molecule has 37 heavy (non-hydrogen) atoms. The van der Waals surface area contributed by atoms with Crippen LogP contribution in [-0.4, -0.2) is 15.7 Å². The lowest BCUT2D eigenvalue weighted by molar-refractivity contribution is -0.117. The smallest absolute Gasteiger partial charge is 0.228 e. The largest absolute Gasteiger partial charge is 0.457 e. The van der Waals surface area contributed by atoms with E-state index in [9.17, 15) is 4.79 Å². The van der Waals surface area contributed by atoms with Gasteiger partial charge in [-0.3, -0.25) is 9.48 Å². The fourth-order valence-corrected chi connectivity index (χ4v) is 4.84. The second-order valence-corrected chi connectivity index (χ2v) is 11.1. The Morgan fingerprint density at radius 3 is 2.38 bits per heavy atom. The summed E-state index contributed by atoms with van der Waals surface area (Å²) in [5.41, 5.74) is 6.36. The van der Waals surface area contributed by atoms with Gasteiger partial charge < -0.3 is 10.1 Å². The van der Waals surface area contributed by atoms with Gasteiger partial charge in [0.05, 0.1) is 23.6 Å². The number of hydrogen-bond acceptors (Lipinski definition) is 3. The molecule has 0 aliphatic heterocycles. The molecule has 0 radical (unpaired) electrons. The zero-order valence-corrected chi connectivity index (χ0v) is 22.3. The van der Waals surface area contributed by atoms with Crippen molar-refractivity contribution >= 4 is 11.6 Å². The monoisotopic (exact) mass is 493 g/mol. The second kappa shape index (κ2) is 9.89. The van der Waals surface area contributed by atoms with Crippen LogP contribution in [0.2, 0.25) is 0 Å². The van der Waals surface area contributed by atoms with Gasteiger partial charge in [-0.15, -0.1) is 0 Å². The van der Waals surface area contributed by atoms with E-state index in [1.165, 1.54) is 11.1 Å². The molecule has 0 saturated heterocycles. The van der Waals surface area contributed by atoms with Gasteiger partial charge in [-0.05, 0) is 72.6 Å². The van der Waals surface area contributed by atoms with Crippen LogP contribution in [0.1, 0.15) is 61.2 Å². The first-order valence-electron chi connectivity index (χ1n) is 13.0. The SMILES string of the molecule is Cc1nn(Cc2cccc(Oc3ccccc3)c2)c(C)c1NC(=O)[C@@H]1C[C@H]1c1ccc(C(C)(C)C)cc1. The molecular formula is C32H35N3O2. The Hall–Kier alpha value is -3.86. The summed E-state index contributed by atoms with van der Waals surface area (Å²) in [5.74, 6) is 1.97. The first-order chi connectivity index (χ1) is 17.7. The molecule has 5 rings (SSSR count). The maximum Gasteiger partial charge on any atom is 0.228 e. The van der Waals surface area contributed by atoms with Crippen LogP contribution in [0.25, 0.3) is 0 Å². The Morgan fingerprint density at radius 2 is 1.68 bits per heavy atom. The van der Waals surface area contributed by atoms with Crippen molar-refractivity contribution < 1.29 is 9.53 Å². The average Bonchev–Trinajstić information content (AvgIpc) is 3.63. The number of benzene rings is 3. The molecule has 0 bridgehead atoms. The van der Waals surface area contributed by atoms with Gasteiger partial charge in [0, 0.05) is 5.92 Å². The van der Waals surface area contributed by atoms with Gasteiger partial charge in [-0.1, -0.05) is 75.4 Å². The number of carbonyl (C=O) groups is 1. The molecule has 5 heteroatoms. The van der Waals surface area contributed by atoms with E-state index >= 15 is 0 Å². The Bertz CT molecular complexity index is 1400. The minimum absolute atomic E-state index is 0.00875. The topological polar surface area (TPSA) is 56.1 Å². The van der Waals surface area contributed by atoms with Gasteiger partial charge in [0.25, 0.3) is 0 Å². The lowest BCUT2D eigenvalue weighted by Gasteiger charge is -2.19. The van der Waals surface area contributed by atoms with E-state index in [1.54, 1.807) is 0 Å². The molecule has 2 atom stereocenters. The van der Waals surface area contributed by atoms with Gasteiger partial charge in [-0.2, -0.15) is 5.10 Å². The summed E-state index contributed by atoms with van der Waals surface area (Å²) in [6, 6.07) is 26.5. The van der Waals surface area contributed by atoms with E-state index < -0.39 is 0 Å². The van der Waals surface area contributed by atoms with Crippen LogP contribution < -0.4 is 10.1 Å². The zero-order chi connectivity index (χ0) is 26.2. The third kappa shape index (κ3) is 5.61. The van der Waals surface area contributed by atoms with Crippen LogP contribution in [0.3, 0.4) is 0 Å². The van der Waals surface area contributed by atoms with Crippen LogP contribution in [-0.2, 0) is 16.8 Å². The predicted molar refractivity (Wildman–Crippen MR) is 148 cm³/mol. The number of nitrogens with zero attached hydrogens (tertiary/aromatic N) is 2. The van der Waals surface area contributed by atoms with Crippen molar-refractivity contribution in [2.75, 3.05) is 5.32 Å². The standard InChI is InChI=1S/C32H35N3O2/c1-21-30(33-31(36)29-19-28(29)24-14-16-25(17-15-24)32(3,4)5)22(2)35(34-21)20-23-10-9-13-27(18-23)37-26-11-7-6-8-12-26/h6-18,28-29H,19-20H2,1-5H3,(H,33,36)/t28-,29+/m0/s1. The number of para-hydroxylation sites is 1. The summed E-state index contributed by atoms with van der Waals surface area (Å²) in [4.78, 5) is 13.1. The lowest BCUT2D eigenvalue weighted by atomic mass is 9.86. The maximum absolute atomic E-state index is 13.1. The first kappa shape index (κ1) is 24.8. The highest BCUT2D eigenvalue weighted by Gasteiger charge is 2.44. The number of carbonyl (C=O) groups excluding carboxylic acids is 1. The zero-order valence-electron chi connectivity index (χ0n) is 22.3. The lowest BCUT2D eigenvalue weighted by Crippen LogP contribution is -2.16. The molecule has 1 saturated carbocycles. The van der Waals surface area contributed by atoms with Gasteiger partial charge in [0.15, 0.2) is 0 Å². The van der Waals surface area contributed by atoms with Crippen molar-refractivity contribution in [3.05, 3.63) is 107 Å². The summed E-state index contributed by atoms with van der Waals surface area (Å²) in [6.07, 6.45) is 0.890. The molecule has 3 aromatic carbocycles. The van der Waals surface area contributed by atoms with Crippen molar-refractivity contribution in [3.63, 3.8) is 0 Å².